The summed E-state index contributed by atoms with van der Waals surface area (Å²) in [6, 6.07) is 10.1. The third kappa shape index (κ3) is 7.49. The number of methoxy groups -OCH3 is 1. The number of benzene rings is 1. The third-order valence-corrected chi connectivity index (χ3v) is 2.73. The van der Waals surface area contributed by atoms with E-state index in [1.54, 1.807) is 7.11 Å². The summed E-state index contributed by atoms with van der Waals surface area (Å²) in [5.41, 5.74) is 1.19. The molecule has 0 saturated carbocycles. The van der Waals surface area contributed by atoms with Crippen molar-refractivity contribution in [3.8, 4) is 0 Å². The lowest BCUT2D eigenvalue weighted by Crippen LogP contribution is -1.99. The zero-order valence-corrected chi connectivity index (χ0v) is 12.1. The largest absolute Gasteiger partial charge is 0.372 e. The number of halogens is 1. The standard InChI is InChI=1S/C13H17IO3/c1-15-11-16-8-7-13(14)10-17-9-12-5-3-2-4-6-12/h2-7H,8-11H2,1H3/b13-7-. The lowest BCUT2D eigenvalue weighted by molar-refractivity contribution is -0.0188. The van der Waals surface area contributed by atoms with Gasteiger partial charge in [0.25, 0.3) is 0 Å². The highest BCUT2D eigenvalue weighted by molar-refractivity contribution is 14.1. The maximum Gasteiger partial charge on any atom is 0.146 e. The van der Waals surface area contributed by atoms with Crippen LogP contribution >= 0.6 is 22.6 Å². The summed E-state index contributed by atoms with van der Waals surface area (Å²) in [5, 5.41) is 0. The maximum atomic E-state index is 5.58. The van der Waals surface area contributed by atoms with Crippen molar-refractivity contribution in [2.24, 2.45) is 0 Å². The average Bonchev–Trinajstić information content (AvgIpc) is 2.36. The first-order valence-corrected chi connectivity index (χ1v) is 6.43. The van der Waals surface area contributed by atoms with E-state index in [4.69, 9.17) is 14.2 Å². The smallest absolute Gasteiger partial charge is 0.146 e. The second-order valence-corrected chi connectivity index (χ2v) is 4.79. The Kier molecular flexibility index (Phi) is 8.25. The third-order valence-electron chi connectivity index (χ3n) is 1.98. The minimum Gasteiger partial charge on any atom is -0.372 e. The van der Waals surface area contributed by atoms with Crippen LogP contribution in [0, 0.1) is 0 Å². The van der Waals surface area contributed by atoms with Crippen molar-refractivity contribution in [2.75, 3.05) is 27.1 Å². The van der Waals surface area contributed by atoms with Crippen molar-refractivity contribution < 1.29 is 14.2 Å². The molecule has 94 valence electrons. The quantitative estimate of drug-likeness (QED) is 0.410. The Bertz CT molecular complexity index is 325. The van der Waals surface area contributed by atoms with Crippen molar-refractivity contribution in [2.45, 2.75) is 6.61 Å². The van der Waals surface area contributed by atoms with Crippen LogP contribution in [0.15, 0.2) is 40.0 Å². The fraction of sp³-hybridized carbons (Fsp3) is 0.385. The zero-order valence-electron chi connectivity index (χ0n) is 9.90. The molecule has 0 aromatic heterocycles. The van der Waals surface area contributed by atoms with Crippen molar-refractivity contribution in [3.05, 3.63) is 45.6 Å². The van der Waals surface area contributed by atoms with E-state index in [2.05, 4.69) is 34.7 Å². The lowest BCUT2D eigenvalue weighted by Gasteiger charge is -2.04. The van der Waals surface area contributed by atoms with E-state index >= 15 is 0 Å². The number of rotatable bonds is 8. The van der Waals surface area contributed by atoms with E-state index in [1.807, 2.05) is 24.3 Å². The summed E-state index contributed by atoms with van der Waals surface area (Å²) >= 11 is 2.25. The van der Waals surface area contributed by atoms with Crippen molar-refractivity contribution in [3.63, 3.8) is 0 Å². The van der Waals surface area contributed by atoms with Gasteiger partial charge < -0.3 is 14.2 Å². The van der Waals surface area contributed by atoms with Crippen LogP contribution in [0.4, 0.5) is 0 Å². The molecule has 0 saturated heterocycles. The molecular formula is C13H17IO3. The first-order chi connectivity index (χ1) is 8.33. The van der Waals surface area contributed by atoms with Crippen LogP contribution in [-0.2, 0) is 20.8 Å². The first kappa shape index (κ1) is 14.6. The van der Waals surface area contributed by atoms with Crippen LogP contribution in [0.25, 0.3) is 0 Å². The topological polar surface area (TPSA) is 27.7 Å². The molecule has 0 fully saturated rings. The van der Waals surface area contributed by atoms with Gasteiger partial charge in [-0.3, -0.25) is 0 Å². The number of hydrogen-bond acceptors (Lipinski definition) is 3. The zero-order chi connectivity index (χ0) is 12.3. The van der Waals surface area contributed by atoms with Crippen molar-refractivity contribution in [1.29, 1.82) is 0 Å². The molecule has 3 nitrogen and oxygen atoms in total. The molecule has 0 heterocycles. The highest BCUT2D eigenvalue weighted by Crippen LogP contribution is 2.08. The molecule has 0 aliphatic heterocycles. The Morgan fingerprint density at radius 1 is 1.24 bits per heavy atom. The van der Waals surface area contributed by atoms with Gasteiger partial charge in [0.2, 0.25) is 0 Å². The highest BCUT2D eigenvalue weighted by atomic mass is 127. The van der Waals surface area contributed by atoms with Gasteiger partial charge in [-0.25, -0.2) is 0 Å². The van der Waals surface area contributed by atoms with E-state index in [9.17, 15) is 0 Å². The molecular weight excluding hydrogens is 331 g/mol. The summed E-state index contributed by atoms with van der Waals surface area (Å²) in [6.45, 7) is 2.14. The molecule has 0 aliphatic carbocycles. The Labute approximate surface area is 116 Å². The van der Waals surface area contributed by atoms with Crippen LogP contribution < -0.4 is 0 Å². The SMILES string of the molecule is COCOC/C=C(\I)COCc1ccccc1. The van der Waals surface area contributed by atoms with Gasteiger partial charge in [0.05, 0.1) is 19.8 Å². The molecule has 0 unspecified atom stereocenters. The molecule has 0 atom stereocenters. The second kappa shape index (κ2) is 9.58. The van der Waals surface area contributed by atoms with Gasteiger partial charge in [0, 0.05) is 10.7 Å². The monoisotopic (exact) mass is 348 g/mol. The molecule has 0 N–H and O–H groups in total. The minimum atomic E-state index is 0.325. The predicted octanol–water partition coefficient (Wildman–Crippen LogP) is 3.14. The fourth-order valence-corrected chi connectivity index (χ4v) is 1.58. The predicted molar refractivity (Wildman–Crippen MR) is 76.0 cm³/mol. The summed E-state index contributed by atoms with van der Waals surface area (Å²) in [7, 11) is 1.61. The van der Waals surface area contributed by atoms with Crippen LogP contribution in [0.1, 0.15) is 5.56 Å². The lowest BCUT2D eigenvalue weighted by atomic mass is 10.2. The van der Waals surface area contributed by atoms with E-state index in [1.165, 1.54) is 5.56 Å². The fourth-order valence-electron chi connectivity index (χ4n) is 1.18. The van der Waals surface area contributed by atoms with Gasteiger partial charge in [0.15, 0.2) is 0 Å². The van der Waals surface area contributed by atoms with Gasteiger partial charge in [-0.05, 0) is 34.2 Å². The molecule has 4 heteroatoms. The van der Waals surface area contributed by atoms with E-state index in [0.717, 1.165) is 3.58 Å². The minimum absolute atomic E-state index is 0.325. The van der Waals surface area contributed by atoms with Crippen LogP contribution in [0.5, 0.6) is 0 Å². The highest BCUT2D eigenvalue weighted by Gasteiger charge is 1.94. The average molecular weight is 348 g/mol. The first-order valence-electron chi connectivity index (χ1n) is 5.36. The van der Waals surface area contributed by atoms with Gasteiger partial charge in [-0.1, -0.05) is 30.3 Å². The summed E-state index contributed by atoms with van der Waals surface area (Å²) in [4.78, 5) is 0. The van der Waals surface area contributed by atoms with Gasteiger partial charge >= 0.3 is 0 Å². The summed E-state index contributed by atoms with van der Waals surface area (Å²) in [6.07, 6.45) is 1.99. The van der Waals surface area contributed by atoms with Crippen LogP contribution in [0.2, 0.25) is 0 Å². The van der Waals surface area contributed by atoms with Crippen LogP contribution in [-0.4, -0.2) is 27.1 Å². The van der Waals surface area contributed by atoms with Gasteiger partial charge in [-0.15, -0.1) is 0 Å². The Morgan fingerprint density at radius 2 is 2.00 bits per heavy atom. The Hall–Kier alpha value is -0.430. The van der Waals surface area contributed by atoms with Crippen molar-refractivity contribution in [1.82, 2.24) is 0 Å². The van der Waals surface area contributed by atoms with Gasteiger partial charge in [0.1, 0.15) is 6.79 Å². The molecule has 17 heavy (non-hydrogen) atoms. The molecule has 0 aliphatic rings. The molecule has 0 bridgehead atoms. The molecule has 0 radical (unpaired) electrons. The van der Waals surface area contributed by atoms with E-state index in [-0.39, 0.29) is 0 Å². The summed E-state index contributed by atoms with van der Waals surface area (Å²) in [5.74, 6) is 0. The Morgan fingerprint density at radius 3 is 2.71 bits per heavy atom. The molecule has 1 aromatic carbocycles. The van der Waals surface area contributed by atoms with Crippen LogP contribution in [0.3, 0.4) is 0 Å². The van der Waals surface area contributed by atoms with E-state index in [0.29, 0.717) is 26.6 Å². The Balaban J connectivity index is 2.13. The summed E-state index contributed by atoms with van der Waals surface area (Å²) < 4.78 is 16.6. The maximum absolute atomic E-state index is 5.58. The number of ether oxygens (including phenoxy) is 3. The van der Waals surface area contributed by atoms with Gasteiger partial charge in [-0.2, -0.15) is 0 Å². The number of hydrogen-bond donors (Lipinski definition) is 0. The second-order valence-electron chi connectivity index (χ2n) is 3.41. The molecule has 0 amide bonds. The normalized spacial score (nSPS) is 11.8. The molecule has 1 rings (SSSR count). The van der Waals surface area contributed by atoms with E-state index < -0.39 is 0 Å². The van der Waals surface area contributed by atoms with Crippen molar-refractivity contribution >= 4 is 22.6 Å². The molecule has 1 aromatic rings. The molecule has 0 spiro atoms.